The van der Waals surface area contributed by atoms with E-state index in [1.54, 1.807) is 16.6 Å². The molecule has 188 valence electrons. The van der Waals surface area contributed by atoms with Crippen molar-refractivity contribution >= 4 is 27.7 Å². The third-order valence-electron chi connectivity index (χ3n) is 7.40. The summed E-state index contributed by atoms with van der Waals surface area (Å²) in [5.74, 6) is -0.0632. The molecule has 0 aromatic carbocycles. The minimum absolute atomic E-state index is 0.0248. The van der Waals surface area contributed by atoms with E-state index < -0.39 is 27.3 Å². The van der Waals surface area contributed by atoms with Gasteiger partial charge in [0.1, 0.15) is 5.54 Å². The number of imide groups is 1. The predicted molar refractivity (Wildman–Crippen MR) is 124 cm³/mol. The van der Waals surface area contributed by atoms with Crippen LogP contribution < -0.4 is 10.7 Å². The molecule has 11 nitrogen and oxygen atoms in total. The highest BCUT2D eigenvalue weighted by Gasteiger charge is 2.52. The van der Waals surface area contributed by atoms with Gasteiger partial charge in [-0.3, -0.25) is 24.6 Å². The molecule has 0 radical (unpaired) electrons. The van der Waals surface area contributed by atoms with Crippen molar-refractivity contribution in [3.8, 4) is 0 Å². The van der Waals surface area contributed by atoms with Crippen molar-refractivity contribution in [1.82, 2.24) is 30.4 Å². The van der Waals surface area contributed by atoms with Crippen LogP contribution in [0.5, 0.6) is 0 Å². The lowest BCUT2D eigenvalue weighted by Crippen LogP contribution is -2.52. The van der Waals surface area contributed by atoms with Crippen LogP contribution in [-0.4, -0.2) is 76.6 Å². The van der Waals surface area contributed by atoms with Gasteiger partial charge in [-0.15, -0.1) is 0 Å². The van der Waals surface area contributed by atoms with E-state index in [4.69, 9.17) is 0 Å². The van der Waals surface area contributed by atoms with Crippen molar-refractivity contribution in [1.29, 1.82) is 0 Å². The summed E-state index contributed by atoms with van der Waals surface area (Å²) in [5.41, 5.74) is 4.17. The molecule has 3 heterocycles. The predicted octanol–water partition coefficient (Wildman–Crippen LogP) is 0.823. The first-order valence-corrected chi connectivity index (χ1v) is 13.6. The maximum Gasteiger partial charge on any atom is 0.344 e. The van der Waals surface area contributed by atoms with Gasteiger partial charge in [0.25, 0.3) is 11.8 Å². The number of carbonyl (C=O) groups is 3. The van der Waals surface area contributed by atoms with Crippen molar-refractivity contribution in [3.05, 3.63) is 17.0 Å². The van der Waals surface area contributed by atoms with Crippen LogP contribution in [0.25, 0.3) is 0 Å². The Kier molecular flexibility index (Phi) is 6.49. The summed E-state index contributed by atoms with van der Waals surface area (Å²) in [6, 6.07) is -0.754. The third kappa shape index (κ3) is 4.70. The zero-order valence-electron chi connectivity index (χ0n) is 20.3. The lowest BCUT2D eigenvalue weighted by Gasteiger charge is -2.33. The van der Waals surface area contributed by atoms with Gasteiger partial charge >= 0.3 is 6.03 Å². The largest absolute Gasteiger partial charge is 0.344 e. The van der Waals surface area contributed by atoms with E-state index in [0.717, 1.165) is 34.8 Å². The molecule has 1 aliphatic carbocycles. The number of aromatic nitrogens is 2. The molecule has 4 rings (SSSR count). The first-order chi connectivity index (χ1) is 15.9. The average molecular weight is 495 g/mol. The number of rotatable bonds is 6. The fraction of sp³-hybridized carbons (Fsp3) is 0.727. The molecular weight excluding hydrogens is 460 g/mol. The number of urea groups is 1. The molecule has 0 bridgehead atoms. The number of carbonyl (C=O) groups excluding carboxylic acids is 3. The Hall–Kier alpha value is -2.47. The Morgan fingerprint density at radius 2 is 1.91 bits per heavy atom. The number of hydrogen-bond donors (Lipinski definition) is 2. The molecular formula is C22H34N6O5S. The monoisotopic (exact) mass is 494 g/mol. The maximum absolute atomic E-state index is 12.9. The van der Waals surface area contributed by atoms with E-state index in [1.165, 1.54) is 0 Å². The summed E-state index contributed by atoms with van der Waals surface area (Å²) in [4.78, 5) is 39.8. The highest BCUT2D eigenvalue weighted by atomic mass is 32.2. The Balaban J connectivity index is 1.36. The van der Waals surface area contributed by atoms with Crippen LogP contribution in [0.2, 0.25) is 0 Å². The lowest BCUT2D eigenvalue weighted by atomic mass is 9.77. The molecule has 1 aromatic rings. The summed E-state index contributed by atoms with van der Waals surface area (Å²) in [5, 5.41) is 8.18. The number of sulfone groups is 1. The minimum Gasteiger partial charge on any atom is -0.322 e. The molecule has 2 N–H and O–H groups in total. The summed E-state index contributed by atoms with van der Waals surface area (Å²) in [7, 11) is -1.26. The normalized spacial score (nSPS) is 28.7. The molecule has 34 heavy (non-hydrogen) atoms. The van der Waals surface area contributed by atoms with Crippen LogP contribution in [0.15, 0.2) is 0 Å². The van der Waals surface area contributed by atoms with E-state index in [1.807, 2.05) is 13.8 Å². The van der Waals surface area contributed by atoms with Crippen LogP contribution in [0.4, 0.5) is 4.79 Å². The number of nitrogens with one attached hydrogen (secondary N) is 2. The molecule has 3 aliphatic rings. The second kappa shape index (κ2) is 8.95. The van der Waals surface area contributed by atoms with Gasteiger partial charge in [-0.05, 0) is 58.9 Å². The summed E-state index contributed by atoms with van der Waals surface area (Å²) in [6.45, 7) is 6.31. The maximum atomic E-state index is 12.9. The van der Waals surface area contributed by atoms with E-state index in [2.05, 4.69) is 22.8 Å². The van der Waals surface area contributed by atoms with E-state index in [9.17, 15) is 22.8 Å². The van der Waals surface area contributed by atoms with Crippen molar-refractivity contribution in [2.75, 3.05) is 25.1 Å². The van der Waals surface area contributed by atoms with Gasteiger partial charge < -0.3 is 5.32 Å². The van der Waals surface area contributed by atoms with Gasteiger partial charge in [0.2, 0.25) is 0 Å². The SMILES string of the molecule is Cc1nn(C2CCS(=O)(=O)C2)c(C)c1CN(C)CC(=O)NN1C(=O)NC2(CCC(C)CC2)C1=O. The van der Waals surface area contributed by atoms with Crippen LogP contribution in [0, 0.1) is 19.8 Å². The summed E-state index contributed by atoms with van der Waals surface area (Å²) < 4.78 is 25.5. The highest BCUT2D eigenvalue weighted by molar-refractivity contribution is 7.91. The molecule has 2 aliphatic heterocycles. The highest BCUT2D eigenvalue weighted by Crippen LogP contribution is 2.35. The van der Waals surface area contributed by atoms with Gasteiger partial charge in [-0.1, -0.05) is 6.92 Å². The van der Waals surface area contributed by atoms with Crippen molar-refractivity contribution in [2.24, 2.45) is 5.92 Å². The zero-order valence-corrected chi connectivity index (χ0v) is 21.1. The minimum atomic E-state index is -3.03. The van der Waals surface area contributed by atoms with E-state index >= 15 is 0 Å². The molecule has 1 saturated carbocycles. The van der Waals surface area contributed by atoms with Gasteiger partial charge in [0.05, 0.1) is 29.8 Å². The average Bonchev–Trinajstić information content (AvgIpc) is 3.33. The lowest BCUT2D eigenvalue weighted by molar-refractivity contribution is -0.140. The Morgan fingerprint density at radius 3 is 2.53 bits per heavy atom. The third-order valence-corrected chi connectivity index (χ3v) is 9.15. The Labute approximate surface area is 200 Å². The van der Waals surface area contributed by atoms with Gasteiger partial charge in [-0.2, -0.15) is 10.1 Å². The number of aryl methyl sites for hydroxylation is 1. The Bertz CT molecular complexity index is 1110. The summed E-state index contributed by atoms with van der Waals surface area (Å²) >= 11 is 0. The smallest absolute Gasteiger partial charge is 0.322 e. The molecule has 1 unspecified atom stereocenters. The second-order valence-corrected chi connectivity index (χ2v) is 12.4. The quantitative estimate of drug-likeness (QED) is 0.559. The van der Waals surface area contributed by atoms with Crippen LogP contribution in [-0.2, 0) is 26.0 Å². The number of likely N-dealkylation sites (N-methyl/N-ethyl adjacent to an activating group) is 1. The number of hydrogen-bond acceptors (Lipinski definition) is 7. The standard InChI is InChI=1S/C22H34N6O5S/c1-14-5-8-22(9-6-14)20(30)28(21(31)23-22)25-19(29)12-26(4)11-18-15(2)24-27(16(18)3)17-7-10-34(32,33)13-17/h14,17H,5-13H2,1-4H3,(H,23,31)(H,25,29). The molecule has 2 saturated heterocycles. The Morgan fingerprint density at radius 1 is 1.24 bits per heavy atom. The number of hydrazine groups is 1. The zero-order chi connectivity index (χ0) is 24.8. The van der Waals surface area contributed by atoms with Gasteiger partial charge in [0, 0.05) is 17.8 Å². The fourth-order valence-electron chi connectivity index (χ4n) is 5.30. The molecule has 1 atom stereocenters. The fourth-order valence-corrected chi connectivity index (χ4v) is 6.99. The van der Waals surface area contributed by atoms with Crippen molar-refractivity contribution in [3.63, 3.8) is 0 Å². The molecule has 3 fully saturated rings. The molecule has 1 aromatic heterocycles. The summed E-state index contributed by atoms with van der Waals surface area (Å²) in [6.07, 6.45) is 3.42. The molecule has 1 spiro atoms. The van der Waals surface area contributed by atoms with Crippen molar-refractivity contribution < 1.29 is 22.8 Å². The van der Waals surface area contributed by atoms with Crippen LogP contribution >= 0.6 is 0 Å². The molecule has 12 heteroatoms. The topological polar surface area (TPSA) is 134 Å². The first kappa shape index (κ1) is 24.6. The number of amides is 4. The number of nitrogens with zero attached hydrogens (tertiary/aromatic N) is 4. The van der Waals surface area contributed by atoms with Gasteiger partial charge in [0.15, 0.2) is 9.84 Å². The van der Waals surface area contributed by atoms with E-state index in [0.29, 0.717) is 31.7 Å². The second-order valence-electron chi connectivity index (χ2n) is 10.2. The van der Waals surface area contributed by atoms with Crippen LogP contribution in [0.1, 0.15) is 62.0 Å². The molecule has 4 amide bonds. The van der Waals surface area contributed by atoms with Gasteiger partial charge in [-0.25, -0.2) is 13.2 Å². The van der Waals surface area contributed by atoms with Crippen molar-refractivity contribution in [2.45, 2.75) is 71.0 Å². The van der Waals surface area contributed by atoms with Crippen LogP contribution in [0.3, 0.4) is 0 Å². The van der Waals surface area contributed by atoms with E-state index in [-0.39, 0.29) is 30.0 Å². The first-order valence-electron chi connectivity index (χ1n) is 11.8.